The Balaban J connectivity index is 1.97. The molecule has 2 atom stereocenters. The Labute approximate surface area is 171 Å². The second-order valence-corrected chi connectivity index (χ2v) is 9.66. The van der Waals surface area contributed by atoms with Crippen molar-refractivity contribution < 1.29 is 22.7 Å². The van der Waals surface area contributed by atoms with E-state index in [2.05, 4.69) is 11.6 Å². The first-order valence-electron chi connectivity index (χ1n) is 9.34. The number of benzene rings is 1. The molecule has 1 aliphatic rings. The van der Waals surface area contributed by atoms with E-state index >= 15 is 0 Å². The molecule has 0 aliphatic carbocycles. The van der Waals surface area contributed by atoms with Crippen molar-refractivity contribution in [2.45, 2.75) is 37.1 Å². The predicted molar refractivity (Wildman–Crippen MR) is 109 cm³/mol. The van der Waals surface area contributed by atoms with E-state index in [0.717, 1.165) is 12.8 Å². The maximum Gasteiger partial charge on any atom is 0.324 e. The molecule has 1 aromatic rings. The van der Waals surface area contributed by atoms with Gasteiger partial charge in [-0.25, -0.2) is 8.42 Å². The molecule has 2 unspecified atom stereocenters. The fourth-order valence-corrected chi connectivity index (χ4v) is 4.77. The van der Waals surface area contributed by atoms with Crippen LogP contribution in [0.25, 0.3) is 0 Å². The number of carbonyl (C=O) groups excluding carboxylic acids is 2. The summed E-state index contributed by atoms with van der Waals surface area (Å²) in [6.45, 7) is 3.04. The number of amides is 1. The Morgan fingerprint density at radius 2 is 2.04 bits per heavy atom. The molecule has 0 radical (unpaired) electrons. The fourth-order valence-electron chi connectivity index (χ4n) is 3.06. The molecule has 0 aromatic heterocycles. The first-order valence-corrected chi connectivity index (χ1v) is 12.2. The third-order valence-corrected chi connectivity index (χ3v) is 6.73. The van der Waals surface area contributed by atoms with Gasteiger partial charge in [0.05, 0.1) is 4.90 Å². The van der Waals surface area contributed by atoms with Gasteiger partial charge in [0.2, 0.25) is 10.0 Å². The van der Waals surface area contributed by atoms with Crippen LogP contribution < -0.4 is 4.72 Å². The van der Waals surface area contributed by atoms with E-state index in [4.69, 9.17) is 4.74 Å². The summed E-state index contributed by atoms with van der Waals surface area (Å²) in [5, 5.41) is 0. The second kappa shape index (κ2) is 10.8. The summed E-state index contributed by atoms with van der Waals surface area (Å²) in [6.07, 6.45) is 4.17. The van der Waals surface area contributed by atoms with Crippen LogP contribution in [0.2, 0.25) is 0 Å². The monoisotopic (exact) mass is 428 g/mol. The Kier molecular flexibility index (Phi) is 8.78. The van der Waals surface area contributed by atoms with Crippen molar-refractivity contribution >= 4 is 33.7 Å². The largest absolute Gasteiger partial charge is 0.454 e. The molecule has 1 aliphatic heterocycles. The first kappa shape index (κ1) is 22.7. The van der Waals surface area contributed by atoms with E-state index in [-0.39, 0.29) is 23.8 Å². The Bertz CT molecular complexity index is 755. The Morgan fingerprint density at radius 3 is 2.68 bits per heavy atom. The van der Waals surface area contributed by atoms with Gasteiger partial charge in [-0.3, -0.25) is 9.59 Å². The summed E-state index contributed by atoms with van der Waals surface area (Å²) < 4.78 is 32.6. The van der Waals surface area contributed by atoms with Crippen LogP contribution >= 0.6 is 11.8 Å². The highest BCUT2D eigenvalue weighted by molar-refractivity contribution is 7.98. The molecule has 1 heterocycles. The van der Waals surface area contributed by atoms with Crippen LogP contribution in [0.15, 0.2) is 35.2 Å². The lowest BCUT2D eigenvalue weighted by molar-refractivity contribution is -0.154. The maximum atomic E-state index is 12.5. The quantitative estimate of drug-likeness (QED) is 0.604. The Morgan fingerprint density at radius 1 is 1.32 bits per heavy atom. The van der Waals surface area contributed by atoms with E-state index in [1.54, 1.807) is 23.1 Å². The third kappa shape index (κ3) is 6.79. The number of piperidine rings is 1. The van der Waals surface area contributed by atoms with Gasteiger partial charge in [0.1, 0.15) is 6.04 Å². The number of hydrogen-bond donors (Lipinski definition) is 1. The molecule has 28 heavy (non-hydrogen) atoms. The van der Waals surface area contributed by atoms with Crippen molar-refractivity contribution in [2.75, 3.05) is 31.7 Å². The molecule has 0 bridgehead atoms. The summed E-state index contributed by atoms with van der Waals surface area (Å²) in [7, 11) is -3.86. The molecule has 1 saturated heterocycles. The minimum Gasteiger partial charge on any atom is -0.454 e. The van der Waals surface area contributed by atoms with E-state index in [1.165, 1.54) is 23.9 Å². The zero-order valence-corrected chi connectivity index (χ0v) is 17.9. The number of carbonyl (C=O) groups is 2. The van der Waals surface area contributed by atoms with Crippen LogP contribution in [0.3, 0.4) is 0 Å². The van der Waals surface area contributed by atoms with E-state index < -0.39 is 22.0 Å². The molecular weight excluding hydrogens is 400 g/mol. The van der Waals surface area contributed by atoms with Crippen LogP contribution in [0, 0.1) is 5.92 Å². The van der Waals surface area contributed by atoms with Crippen molar-refractivity contribution in [1.82, 2.24) is 9.62 Å². The molecule has 156 valence electrons. The normalized spacial score (nSPS) is 18.5. The van der Waals surface area contributed by atoms with Crippen molar-refractivity contribution in [3.63, 3.8) is 0 Å². The van der Waals surface area contributed by atoms with Gasteiger partial charge in [-0.15, -0.1) is 0 Å². The van der Waals surface area contributed by atoms with Crippen molar-refractivity contribution in [3.05, 3.63) is 30.3 Å². The summed E-state index contributed by atoms with van der Waals surface area (Å²) >= 11 is 1.50. The topological polar surface area (TPSA) is 92.8 Å². The summed E-state index contributed by atoms with van der Waals surface area (Å²) in [4.78, 5) is 26.6. The number of likely N-dealkylation sites (tertiary alicyclic amines) is 1. The molecular formula is C19H28N2O5S2. The Hall–Kier alpha value is -1.58. The van der Waals surface area contributed by atoms with Crippen LogP contribution in [0.4, 0.5) is 0 Å². The molecule has 7 nitrogen and oxygen atoms in total. The van der Waals surface area contributed by atoms with Crippen molar-refractivity contribution in [2.24, 2.45) is 5.92 Å². The highest BCUT2D eigenvalue weighted by Gasteiger charge is 2.28. The fraction of sp³-hybridized carbons (Fsp3) is 0.579. The maximum absolute atomic E-state index is 12.5. The lowest BCUT2D eigenvalue weighted by atomic mass is 10.0. The molecule has 2 rings (SSSR count). The zero-order chi connectivity index (χ0) is 20.6. The minimum absolute atomic E-state index is 0.0790. The van der Waals surface area contributed by atoms with Crippen molar-refractivity contribution in [3.8, 4) is 0 Å². The van der Waals surface area contributed by atoms with Gasteiger partial charge in [-0.2, -0.15) is 16.5 Å². The summed E-state index contributed by atoms with van der Waals surface area (Å²) in [5.41, 5.74) is 0. The number of rotatable bonds is 9. The first-order chi connectivity index (χ1) is 13.3. The molecule has 0 spiro atoms. The van der Waals surface area contributed by atoms with E-state index in [9.17, 15) is 18.0 Å². The average molecular weight is 429 g/mol. The number of esters is 1. The number of nitrogens with zero attached hydrogens (tertiary/aromatic N) is 1. The van der Waals surface area contributed by atoms with Crippen LogP contribution in [0.5, 0.6) is 0 Å². The van der Waals surface area contributed by atoms with Gasteiger partial charge in [0.15, 0.2) is 6.61 Å². The van der Waals surface area contributed by atoms with Crippen LogP contribution in [0.1, 0.15) is 26.2 Å². The van der Waals surface area contributed by atoms with E-state index in [0.29, 0.717) is 24.8 Å². The number of sulfonamides is 1. The average Bonchev–Trinajstić information content (AvgIpc) is 2.69. The highest BCUT2D eigenvalue weighted by Crippen LogP contribution is 2.16. The van der Waals surface area contributed by atoms with Gasteiger partial charge in [0.25, 0.3) is 5.91 Å². The smallest absolute Gasteiger partial charge is 0.324 e. The lowest BCUT2D eigenvalue weighted by Gasteiger charge is -2.30. The number of ether oxygens (including phenoxy) is 1. The SMILES string of the molecule is CSCCC(NS(=O)(=O)c1ccccc1)C(=O)OCC(=O)N1CCCC(C)C1. The molecule has 1 fully saturated rings. The van der Waals surface area contributed by atoms with Crippen molar-refractivity contribution in [1.29, 1.82) is 0 Å². The van der Waals surface area contributed by atoms with Crippen LogP contribution in [-0.2, 0) is 24.3 Å². The second-order valence-electron chi connectivity index (χ2n) is 6.96. The van der Waals surface area contributed by atoms with Crippen LogP contribution in [-0.4, -0.2) is 62.9 Å². The molecule has 1 amide bonds. The molecule has 1 aromatic carbocycles. The van der Waals surface area contributed by atoms with Gasteiger partial charge in [0, 0.05) is 13.1 Å². The molecule has 9 heteroatoms. The molecule has 0 saturated carbocycles. The third-order valence-electron chi connectivity index (χ3n) is 4.59. The molecule has 1 N–H and O–H groups in total. The van der Waals surface area contributed by atoms with Gasteiger partial charge in [-0.05, 0) is 49.3 Å². The zero-order valence-electron chi connectivity index (χ0n) is 16.3. The highest BCUT2D eigenvalue weighted by atomic mass is 32.2. The summed E-state index contributed by atoms with van der Waals surface area (Å²) in [5.74, 6) is 0.0380. The van der Waals surface area contributed by atoms with Gasteiger partial charge < -0.3 is 9.64 Å². The summed E-state index contributed by atoms with van der Waals surface area (Å²) in [6, 6.07) is 6.82. The standard InChI is InChI=1S/C19H28N2O5S2/c1-15-7-6-11-21(13-15)18(22)14-26-19(23)17(10-12-27-2)20-28(24,25)16-8-4-3-5-9-16/h3-5,8-9,15,17,20H,6-7,10-14H2,1-2H3. The predicted octanol–water partition coefficient (Wildman–Crippen LogP) is 1.89. The minimum atomic E-state index is -3.86. The number of nitrogens with one attached hydrogen (secondary N) is 1. The number of hydrogen-bond acceptors (Lipinski definition) is 6. The lowest BCUT2D eigenvalue weighted by Crippen LogP contribution is -2.45. The van der Waals surface area contributed by atoms with Gasteiger partial charge >= 0.3 is 5.97 Å². The van der Waals surface area contributed by atoms with E-state index in [1.807, 2.05) is 6.26 Å². The van der Waals surface area contributed by atoms with Gasteiger partial charge in [-0.1, -0.05) is 25.1 Å². The number of thioether (sulfide) groups is 1.